The Morgan fingerprint density at radius 3 is 2.52 bits per heavy atom. The van der Waals surface area contributed by atoms with Crippen molar-refractivity contribution in [2.75, 3.05) is 18.5 Å². The van der Waals surface area contributed by atoms with Gasteiger partial charge in [-0.25, -0.2) is 0 Å². The number of hydrogen-bond acceptors (Lipinski definition) is 5. The molecule has 2 aromatic carbocycles. The molecule has 0 aliphatic carbocycles. The summed E-state index contributed by atoms with van der Waals surface area (Å²) in [7, 11) is 0. The van der Waals surface area contributed by atoms with E-state index < -0.39 is 10.8 Å². The molecule has 1 heterocycles. The second kappa shape index (κ2) is 8.41. The van der Waals surface area contributed by atoms with Gasteiger partial charge in [-0.3, -0.25) is 19.7 Å². The smallest absolute Gasteiger partial charge is 0.269 e. The summed E-state index contributed by atoms with van der Waals surface area (Å²) in [6.07, 6.45) is 1.93. The number of rotatable bonds is 6. The first-order valence-electron chi connectivity index (χ1n) is 8.59. The molecule has 0 radical (unpaired) electrons. The first kappa shape index (κ1) is 18.5. The second-order valence-electron chi connectivity index (χ2n) is 6.15. The molecule has 0 bridgehead atoms. The van der Waals surface area contributed by atoms with E-state index in [1.807, 2.05) is 0 Å². The quantitative estimate of drug-likeness (QED) is 0.601. The van der Waals surface area contributed by atoms with Crippen molar-refractivity contribution in [1.82, 2.24) is 5.32 Å². The van der Waals surface area contributed by atoms with Crippen LogP contribution in [0.2, 0.25) is 0 Å². The Morgan fingerprint density at radius 1 is 1.11 bits per heavy atom. The molecule has 1 aliphatic heterocycles. The predicted molar refractivity (Wildman–Crippen MR) is 98.8 cm³/mol. The topological polar surface area (TPSA) is 111 Å². The lowest BCUT2D eigenvalue weighted by molar-refractivity contribution is -0.384. The number of para-hydroxylation sites is 1. The molecule has 0 aromatic heterocycles. The van der Waals surface area contributed by atoms with Gasteiger partial charge in [-0.05, 0) is 37.1 Å². The number of anilines is 1. The Morgan fingerprint density at radius 2 is 1.85 bits per heavy atom. The van der Waals surface area contributed by atoms with E-state index in [1.54, 1.807) is 24.3 Å². The highest BCUT2D eigenvalue weighted by atomic mass is 16.6. The van der Waals surface area contributed by atoms with Gasteiger partial charge in [-0.1, -0.05) is 12.1 Å². The SMILES string of the molecule is O=C(Nc1ccccc1C(=O)NC[C@H]1CCCO1)c1ccc([N+](=O)[O-])cc1. The summed E-state index contributed by atoms with van der Waals surface area (Å²) in [6, 6.07) is 11.9. The van der Waals surface area contributed by atoms with Crippen molar-refractivity contribution in [3.63, 3.8) is 0 Å². The van der Waals surface area contributed by atoms with Gasteiger partial charge in [0.1, 0.15) is 0 Å². The summed E-state index contributed by atoms with van der Waals surface area (Å²) in [5, 5.41) is 16.2. The monoisotopic (exact) mass is 369 g/mol. The number of ether oxygens (including phenoxy) is 1. The van der Waals surface area contributed by atoms with Gasteiger partial charge in [-0.2, -0.15) is 0 Å². The van der Waals surface area contributed by atoms with Crippen LogP contribution >= 0.6 is 0 Å². The predicted octanol–water partition coefficient (Wildman–Crippen LogP) is 2.76. The van der Waals surface area contributed by atoms with Crippen LogP contribution in [0.4, 0.5) is 11.4 Å². The minimum absolute atomic E-state index is 0.0239. The molecule has 8 nitrogen and oxygen atoms in total. The lowest BCUT2D eigenvalue weighted by Crippen LogP contribution is -2.32. The lowest BCUT2D eigenvalue weighted by atomic mass is 10.1. The number of nitro groups is 1. The standard InChI is InChI=1S/C19H19N3O5/c23-18(13-7-9-14(10-8-13)22(25)26)21-17-6-2-1-5-16(17)19(24)20-12-15-4-3-11-27-15/h1-2,5-10,15H,3-4,11-12H2,(H,20,24)(H,21,23)/t15-/m1/s1. The number of amides is 2. The van der Waals surface area contributed by atoms with Crippen LogP contribution in [0.25, 0.3) is 0 Å². The molecule has 2 N–H and O–H groups in total. The average Bonchev–Trinajstić information content (AvgIpc) is 3.20. The maximum atomic E-state index is 12.5. The van der Waals surface area contributed by atoms with Crippen LogP contribution in [0, 0.1) is 10.1 Å². The Bertz CT molecular complexity index is 845. The number of nitrogens with zero attached hydrogens (tertiary/aromatic N) is 1. The minimum Gasteiger partial charge on any atom is -0.376 e. The van der Waals surface area contributed by atoms with Gasteiger partial charge in [0, 0.05) is 30.8 Å². The molecule has 1 atom stereocenters. The third kappa shape index (κ3) is 4.68. The normalized spacial score (nSPS) is 15.9. The average molecular weight is 369 g/mol. The van der Waals surface area contributed by atoms with E-state index in [-0.39, 0.29) is 23.3 Å². The number of nitrogens with one attached hydrogen (secondary N) is 2. The molecular weight excluding hydrogens is 350 g/mol. The van der Waals surface area contributed by atoms with Crippen LogP contribution in [-0.4, -0.2) is 36.0 Å². The van der Waals surface area contributed by atoms with Gasteiger partial charge in [0.05, 0.1) is 22.3 Å². The van der Waals surface area contributed by atoms with Crippen molar-refractivity contribution in [1.29, 1.82) is 0 Å². The zero-order valence-electron chi connectivity index (χ0n) is 14.5. The van der Waals surface area contributed by atoms with Crippen LogP contribution in [0.3, 0.4) is 0 Å². The highest BCUT2D eigenvalue weighted by Crippen LogP contribution is 2.18. The molecule has 1 saturated heterocycles. The molecular formula is C19H19N3O5. The van der Waals surface area contributed by atoms with Crippen LogP contribution in [0.5, 0.6) is 0 Å². The third-order valence-electron chi connectivity index (χ3n) is 4.27. The summed E-state index contributed by atoms with van der Waals surface area (Å²) in [6.45, 7) is 1.13. The number of nitro benzene ring substituents is 1. The van der Waals surface area contributed by atoms with Crippen molar-refractivity contribution < 1.29 is 19.2 Å². The zero-order chi connectivity index (χ0) is 19.2. The molecule has 0 spiro atoms. The van der Waals surface area contributed by atoms with Gasteiger partial charge in [0.2, 0.25) is 0 Å². The zero-order valence-corrected chi connectivity index (χ0v) is 14.5. The highest BCUT2D eigenvalue weighted by molar-refractivity contribution is 6.09. The molecule has 2 amide bonds. The fourth-order valence-electron chi connectivity index (χ4n) is 2.83. The van der Waals surface area contributed by atoms with E-state index >= 15 is 0 Å². The number of benzene rings is 2. The highest BCUT2D eigenvalue weighted by Gasteiger charge is 2.19. The largest absolute Gasteiger partial charge is 0.376 e. The van der Waals surface area contributed by atoms with E-state index in [0.717, 1.165) is 12.8 Å². The summed E-state index contributed by atoms with van der Waals surface area (Å²) in [5.41, 5.74) is 0.868. The molecule has 27 heavy (non-hydrogen) atoms. The summed E-state index contributed by atoms with van der Waals surface area (Å²) in [5.74, 6) is -0.755. The summed E-state index contributed by atoms with van der Waals surface area (Å²) in [4.78, 5) is 35.0. The van der Waals surface area contributed by atoms with Crippen LogP contribution in [-0.2, 0) is 4.74 Å². The van der Waals surface area contributed by atoms with Crippen molar-refractivity contribution in [2.45, 2.75) is 18.9 Å². The summed E-state index contributed by atoms with van der Waals surface area (Å²) < 4.78 is 5.49. The van der Waals surface area contributed by atoms with Crippen molar-refractivity contribution in [3.8, 4) is 0 Å². The van der Waals surface area contributed by atoms with Crippen molar-refractivity contribution in [3.05, 3.63) is 69.8 Å². The Labute approximate surface area is 155 Å². The molecule has 1 fully saturated rings. The number of carbonyl (C=O) groups is 2. The minimum atomic E-state index is -0.532. The van der Waals surface area contributed by atoms with Crippen LogP contribution in [0.1, 0.15) is 33.6 Å². The Kier molecular flexibility index (Phi) is 5.77. The Balaban J connectivity index is 1.68. The van der Waals surface area contributed by atoms with Crippen LogP contribution in [0.15, 0.2) is 48.5 Å². The van der Waals surface area contributed by atoms with Gasteiger partial charge in [0.15, 0.2) is 0 Å². The van der Waals surface area contributed by atoms with Gasteiger partial charge < -0.3 is 15.4 Å². The number of carbonyl (C=O) groups excluding carboxylic acids is 2. The second-order valence-corrected chi connectivity index (χ2v) is 6.15. The van der Waals surface area contributed by atoms with Crippen LogP contribution < -0.4 is 10.6 Å². The first-order valence-corrected chi connectivity index (χ1v) is 8.59. The molecule has 2 aromatic rings. The van der Waals surface area contributed by atoms with E-state index in [0.29, 0.717) is 24.4 Å². The van der Waals surface area contributed by atoms with Crippen molar-refractivity contribution in [2.24, 2.45) is 0 Å². The molecule has 0 saturated carbocycles. The molecule has 3 rings (SSSR count). The fraction of sp³-hybridized carbons (Fsp3) is 0.263. The van der Waals surface area contributed by atoms with Crippen molar-refractivity contribution >= 4 is 23.2 Å². The molecule has 0 unspecified atom stereocenters. The van der Waals surface area contributed by atoms with Gasteiger partial charge in [0.25, 0.3) is 17.5 Å². The first-order chi connectivity index (χ1) is 13.0. The lowest BCUT2D eigenvalue weighted by Gasteiger charge is -2.13. The number of non-ortho nitro benzene ring substituents is 1. The Hall–Kier alpha value is -3.26. The maximum Gasteiger partial charge on any atom is 0.269 e. The molecule has 1 aliphatic rings. The van der Waals surface area contributed by atoms with E-state index in [1.165, 1.54) is 24.3 Å². The third-order valence-corrected chi connectivity index (χ3v) is 4.27. The number of hydrogen-bond donors (Lipinski definition) is 2. The van der Waals surface area contributed by atoms with Gasteiger partial charge in [-0.15, -0.1) is 0 Å². The molecule has 8 heteroatoms. The summed E-state index contributed by atoms with van der Waals surface area (Å²) >= 11 is 0. The van der Waals surface area contributed by atoms with E-state index in [9.17, 15) is 19.7 Å². The van der Waals surface area contributed by atoms with E-state index in [2.05, 4.69) is 10.6 Å². The fourth-order valence-corrected chi connectivity index (χ4v) is 2.83. The maximum absolute atomic E-state index is 12.5. The van der Waals surface area contributed by atoms with Gasteiger partial charge >= 0.3 is 0 Å². The molecule has 140 valence electrons. The van der Waals surface area contributed by atoms with E-state index in [4.69, 9.17) is 4.74 Å².